The van der Waals surface area contributed by atoms with Crippen molar-refractivity contribution in [2.24, 2.45) is 9.98 Å². The van der Waals surface area contributed by atoms with Crippen LogP contribution in [0.1, 0.15) is 18.4 Å². The average molecular weight is 256 g/mol. The minimum absolute atomic E-state index is 0.396. The van der Waals surface area contributed by atoms with Crippen molar-refractivity contribution in [3.63, 3.8) is 0 Å². The summed E-state index contributed by atoms with van der Waals surface area (Å²) in [6, 6.07) is 2.51. The fourth-order valence-corrected chi connectivity index (χ4v) is 2.92. The standard InChI is InChI=1S/C14H16N4O/c1-6-18-11(9-19-7-1)3-5-15-12-8-10-2-4-16-13(10)17-14(12)18/h2,4,8,11H,1,3,5-7,9H2/t11-/m0/s1. The van der Waals surface area contributed by atoms with Gasteiger partial charge in [-0.05, 0) is 25.0 Å². The van der Waals surface area contributed by atoms with Crippen LogP contribution in [0.2, 0.25) is 0 Å². The number of fused-ring (bicyclic) bond motifs is 4. The van der Waals surface area contributed by atoms with Gasteiger partial charge in [-0.3, -0.25) is 4.99 Å². The van der Waals surface area contributed by atoms with E-state index in [9.17, 15) is 0 Å². The van der Waals surface area contributed by atoms with Crippen LogP contribution in [0.15, 0.2) is 22.3 Å². The lowest BCUT2D eigenvalue weighted by Crippen LogP contribution is -2.41. The Morgan fingerprint density at radius 2 is 2.37 bits per heavy atom. The maximum absolute atomic E-state index is 5.68. The van der Waals surface area contributed by atoms with Crippen molar-refractivity contribution in [1.82, 2.24) is 4.98 Å². The molecule has 0 amide bonds. The van der Waals surface area contributed by atoms with Crippen molar-refractivity contribution in [3.05, 3.63) is 28.7 Å². The molecule has 5 heteroatoms. The Bertz CT molecular complexity index is 652. The molecule has 4 heterocycles. The SMILES string of the molecule is C1=Cc2cc3c(nc2=N1)N1CCCOC[C@@H]1CCN=3. The monoisotopic (exact) mass is 256 g/mol. The second kappa shape index (κ2) is 4.42. The van der Waals surface area contributed by atoms with Gasteiger partial charge in [0.25, 0.3) is 0 Å². The summed E-state index contributed by atoms with van der Waals surface area (Å²) in [6.45, 7) is 3.46. The van der Waals surface area contributed by atoms with Crippen LogP contribution in [0.4, 0.5) is 5.82 Å². The van der Waals surface area contributed by atoms with Gasteiger partial charge in [-0.2, -0.15) is 0 Å². The topological polar surface area (TPSA) is 50.1 Å². The summed E-state index contributed by atoms with van der Waals surface area (Å²) in [7, 11) is 0. The zero-order chi connectivity index (χ0) is 12.7. The summed E-state index contributed by atoms with van der Waals surface area (Å²) in [5, 5.41) is 1.00. The van der Waals surface area contributed by atoms with Crippen LogP contribution >= 0.6 is 0 Å². The molecule has 0 radical (unpaired) electrons. The first-order valence-corrected chi connectivity index (χ1v) is 6.86. The van der Waals surface area contributed by atoms with E-state index in [4.69, 9.17) is 9.72 Å². The molecular formula is C14H16N4O. The number of pyridine rings is 1. The van der Waals surface area contributed by atoms with Crippen molar-refractivity contribution < 1.29 is 4.74 Å². The molecule has 3 aliphatic heterocycles. The van der Waals surface area contributed by atoms with Gasteiger partial charge >= 0.3 is 0 Å². The van der Waals surface area contributed by atoms with Crippen LogP contribution in [0.5, 0.6) is 0 Å². The summed E-state index contributed by atoms with van der Waals surface area (Å²) in [5.74, 6) is 0.985. The molecule has 1 fully saturated rings. The number of rotatable bonds is 0. The van der Waals surface area contributed by atoms with Crippen LogP contribution < -0.4 is 15.7 Å². The quantitative estimate of drug-likeness (QED) is 0.671. The van der Waals surface area contributed by atoms with Crippen molar-refractivity contribution in [2.45, 2.75) is 18.9 Å². The predicted molar refractivity (Wildman–Crippen MR) is 71.6 cm³/mol. The van der Waals surface area contributed by atoms with Gasteiger partial charge in [-0.25, -0.2) is 9.98 Å². The van der Waals surface area contributed by atoms with Gasteiger partial charge in [0, 0.05) is 31.5 Å². The molecule has 0 unspecified atom stereocenters. The lowest BCUT2D eigenvalue weighted by molar-refractivity contribution is 0.133. The Hall–Kier alpha value is -1.75. The molecule has 0 aromatic carbocycles. The zero-order valence-electron chi connectivity index (χ0n) is 10.7. The van der Waals surface area contributed by atoms with Gasteiger partial charge in [0.1, 0.15) is 5.36 Å². The number of aromatic nitrogens is 1. The van der Waals surface area contributed by atoms with E-state index in [1.54, 1.807) is 6.20 Å². The highest BCUT2D eigenvalue weighted by atomic mass is 16.5. The summed E-state index contributed by atoms with van der Waals surface area (Å²) >= 11 is 0. The number of nitrogens with zero attached hydrogens (tertiary/aromatic N) is 4. The van der Waals surface area contributed by atoms with Crippen molar-refractivity contribution in [2.75, 3.05) is 31.2 Å². The predicted octanol–water partition coefficient (Wildman–Crippen LogP) is 0.304. The molecule has 1 atom stereocenters. The minimum Gasteiger partial charge on any atom is -0.379 e. The molecule has 98 valence electrons. The number of hydrogen-bond acceptors (Lipinski definition) is 5. The van der Waals surface area contributed by atoms with E-state index in [0.717, 1.165) is 61.4 Å². The maximum Gasteiger partial charge on any atom is 0.161 e. The van der Waals surface area contributed by atoms with Gasteiger partial charge < -0.3 is 9.64 Å². The van der Waals surface area contributed by atoms with Crippen LogP contribution in [-0.4, -0.2) is 37.3 Å². The second-order valence-corrected chi connectivity index (χ2v) is 5.13. The molecule has 0 saturated carbocycles. The van der Waals surface area contributed by atoms with Crippen LogP contribution in [-0.2, 0) is 4.74 Å². The van der Waals surface area contributed by atoms with Gasteiger partial charge in [0.2, 0.25) is 0 Å². The van der Waals surface area contributed by atoms with E-state index in [2.05, 4.69) is 21.0 Å². The molecular weight excluding hydrogens is 240 g/mol. The molecule has 0 bridgehead atoms. The second-order valence-electron chi connectivity index (χ2n) is 5.13. The highest BCUT2D eigenvalue weighted by Gasteiger charge is 2.26. The molecule has 5 nitrogen and oxygen atoms in total. The van der Waals surface area contributed by atoms with E-state index in [0.29, 0.717) is 6.04 Å². The van der Waals surface area contributed by atoms with Crippen LogP contribution in [0.3, 0.4) is 0 Å². The Morgan fingerprint density at radius 3 is 3.37 bits per heavy atom. The third kappa shape index (κ3) is 1.85. The fourth-order valence-electron chi connectivity index (χ4n) is 2.92. The third-order valence-corrected chi connectivity index (χ3v) is 3.90. The largest absolute Gasteiger partial charge is 0.379 e. The van der Waals surface area contributed by atoms with E-state index < -0.39 is 0 Å². The molecule has 4 rings (SSSR count). The normalized spacial score (nSPS) is 24.4. The molecule has 1 aromatic heterocycles. The van der Waals surface area contributed by atoms with E-state index >= 15 is 0 Å². The molecule has 3 aliphatic rings. The molecule has 19 heavy (non-hydrogen) atoms. The van der Waals surface area contributed by atoms with E-state index in [-0.39, 0.29) is 0 Å². The summed E-state index contributed by atoms with van der Waals surface area (Å²) in [6.07, 6.45) is 5.88. The average Bonchev–Trinajstić information content (AvgIpc) is 2.65. The lowest BCUT2D eigenvalue weighted by Gasteiger charge is -2.28. The Labute approximate surface area is 111 Å². The van der Waals surface area contributed by atoms with Crippen molar-refractivity contribution in [1.29, 1.82) is 0 Å². The van der Waals surface area contributed by atoms with Crippen LogP contribution in [0.25, 0.3) is 6.08 Å². The zero-order valence-corrected chi connectivity index (χ0v) is 10.7. The summed E-state index contributed by atoms with van der Waals surface area (Å²) < 4.78 is 5.68. The number of ether oxygens (including phenoxy) is 1. The first kappa shape index (κ1) is 11.1. The van der Waals surface area contributed by atoms with E-state index in [1.165, 1.54) is 0 Å². The van der Waals surface area contributed by atoms with Gasteiger partial charge in [-0.15, -0.1) is 0 Å². The molecule has 1 aromatic rings. The first-order chi connectivity index (χ1) is 9.42. The Morgan fingerprint density at radius 1 is 1.37 bits per heavy atom. The maximum atomic E-state index is 5.68. The summed E-state index contributed by atoms with van der Waals surface area (Å²) in [5.41, 5.74) is 1.90. The lowest BCUT2D eigenvalue weighted by atomic mass is 10.2. The number of hydrogen-bond donors (Lipinski definition) is 0. The van der Waals surface area contributed by atoms with Gasteiger partial charge in [-0.1, -0.05) is 0 Å². The molecule has 0 spiro atoms. The van der Waals surface area contributed by atoms with Crippen molar-refractivity contribution in [3.8, 4) is 0 Å². The van der Waals surface area contributed by atoms with Crippen molar-refractivity contribution >= 4 is 11.9 Å². The number of anilines is 1. The van der Waals surface area contributed by atoms with Gasteiger partial charge in [0.15, 0.2) is 11.3 Å². The molecule has 0 aliphatic carbocycles. The first-order valence-electron chi connectivity index (χ1n) is 6.86. The Balaban J connectivity index is 1.87. The fraction of sp³-hybridized carbons (Fsp3) is 0.500. The molecule has 0 N–H and O–H groups in total. The smallest absolute Gasteiger partial charge is 0.161 e. The third-order valence-electron chi connectivity index (χ3n) is 3.90. The highest BCUT2D eigenvalue weighted by molar-refractivity contribution is 5.53. The molecule has 1 saturated heterocycles. The van der Waals surface area contributed by atoms with Gasteiger partial charge in [0.05, 0.1) is 12.6 Å². The minimum atomic E-state index is 0.396. The highest BCUT2D eigenvalue weighted by Crippen LogP contribution is 2.18. The summed E-state index contributed by atoms with van der Waals surface area (Å²) in [4.78, 5) is 16.1. The Kier molecular flexibility index (Phi) is 2.58. The van der Waals surface area contributed by atoms with E-state index in [1.807, 2.05) is 6.08 Å². The van der Waals surface area contributed by atoms with Crippen LogP contribution in [0, 0.1) is 0 Å².